The smallest absolute Gasteiger partial charge is 0.270 e. The van der Waals surface area contributed by atoms with Crippen LogP contribution in [0.5, 0.6) is 5.75 Å². The minimum atomic E-state index is -3.08. The Hall–Kier alpha value is -2.65. The molecule has 3 rings (SSSR count). The Morgan fingerprint density at radius 2 is 2.00 bits per heavy atom. The van der Waals surface area contributed by atoms with Crippen molar-refractivity contribution in [1.29, 1.82) is 0 Å². The molecule has 1 aromatic carbocycles. The van der Waals surface area contributed by atoms with Crippen LogP contribution in [0.3, 0.4) is 0 Å². The first-order chi connectivity index (χ1) is 15.5. The lowest BCUT2D eigenvalue weighted by atomic mass is 9.77. The molecule has 6 nitrogen and oxygen atoms in total. The van der Waals surface area contributed by atoms with Crippen LogP contribution in [-0.4, -0.2) is 34.8 Å². The van der Waals surface area contributed by atoms with Crippen LogP contribution in [0.1, 0.15) is 69.4 Å². The molecule has 1 aromatic heterocycles. The summed E-state index contributed by atoms with van der Waals surface area (Å²) in [6.45, 7) is 7.30. The van der Waals surface area contributed by atoms with Crippen LogP contribution >= 0.6 is 0 Å². The number of hydrogen-bond acceptors (Lipinski definition) is 5. The number of ether oxygens (including phenoxy) is 2. The second kappa shape index (κ2) is 9.69. The van der Waals surface area contributed by atoms with E-state index in [1.807, 2.05) is 27.7 Å². The maximum atomic E-state index is 14.2. The summed E-state index contributed by atoms with van der Waals surface area (Å²) in [5.41, 5.74) is -0.432. The second-order valence-electron chi connectivity index (χ2n) is 8.73. The zero-order valence-corrected chi connectivity index (χ0v) is 19.2. The summed E-state index contributed by atoms with van der Waals surface area (Å²) in [4.78, 5) is 17.4. The van der Waals surface area contributed by atoms with Gasteiger partial charge < -0.3 is 19.9 Å². The number of nitrogens with one attached hydrogen (secondary N) is 1. The summed E-state index contributed by atoms with van der Waals surface area (Å²) in [5, 5.41) is 12.6. The Labute approximate surface area is 191 Å². The number of pyridine rings is 1. The molecule has 0 aliphatic carbocycles. The molecule has 0 unspecified atom stereocenters. The summed E-state index contributed by atoms with van der Waals surface area (Å²) >= 11 is 0. The minimum absolute atomic E-state index is 0.277. The predicted molar refractivity (Wildman–Crippen MR) is 117 cm³/mol. The van der Waals surface area contributed by atoms with E-state index in [1.165, 1.54) is 19.4 Å². The van der Waals surface area contributed by atoms with Gasteiger partial charge in [-0.3, -0.25) is 9.78 Å². The number of carbonyl (C=O) groups is 1. The first kappa shape index (κ1) is 25.0. The van der Waals surface area contributed by atoms with E-state index in [4.69, 9.17) is 9.47 Å². The van der Waals surface area contributed by atoms with Gasteiger partial charge in [0.1, 0.15) is 17.7 Å². The van der Waals surface area contributed by atoms with E-state index in [0.717, 1.165) is 6.07 Å². The summed E-state index contributed by atoms with van der Waals surface area (Å²) in [5.74, 6) is -2.79. The number of hydrogen-bond donors (Lipinski definition) is 2. The molecule has 1 fully saturated rings. The van der Waals surface area contributed by atoms with Crippen LogP contribution in [0.15, 0.2) is 30.5 Å². The second-order valence-corrected chi connectivity index (χ2v) is 8.73. The number of aliphatic hydroxyl groups excluding tert-OH is 1. The van der Waals surface area contributed by atoms with Gasteiger partial charge in [-0.15, -0.1) is 0 Å². The average molecular weight is 467 g/mol. The third-order valence-electron chi connectivity index (χ3n) is 6.39. The molecule has 1 aliphatic heterocycles. The summed E-state index contributed by atoms with van der Waals surface area (Å²) in [7, 11) is 1.20. The molecule has 1 saturated heterocycles. The molecule has 4 atom stereocenters. The predicted octanol–water partition coefficient (Wildman–Crippen LogP) is 5.15. The number of methoxy groups -OCH3 is 1. The fourth-order valence-corrected chi connectivity index (χ4v) is 4.24. The van der Waals surface area contributed by atoms with E-state index in [9.17, 15) is 23.1 Å². The van der Waals surface area contributed by atoms with E-state index in [-0.39, 0.29) is 17.2 Å². The number of amides is 1. The monoisotopic (exact) mass is 466 g/mol. The topological polar surface area (TPSA) is 80.7 Å². The zero-order valence-electron chi connectivity index (χ0n) is 19.2. The lowest BCUT2D eigenvalue weighted by Gasteiger charge is -2.26. The van der Waals surface area contributed by atoms with Gasteiger partial charge in [0.2, 0.25) is 0 Å². The zero-order chi connectivity index (χ0) is 24.5. The molecule has 9 heteroatoms. The van der Waals surface area contributed by atoms with Crippen molar-refractivity contribution in [3.63, 3.8) is 0 Å². The molecule has 0 spiro atoms. The van der Waals surface area contributed by atoms with Crippen molar-refractivity contribution < 1.29 is 32.5 Å². The van der Waals surface area contributed by atoms with E-state index in [2.05, 4.69) is 10.3 Å². The van der Waals surface area contributed by atoms with Crippen molar-refractivity contribution >= 4 is 11.6 Å². The molecule has 1 aliphatic rings. The summed E-state index contributed by atoms with van der Waals surface area (Å²) in [6, 6.07) is 5.56. The van der Waals surface area contributed by atoms with Gasteiger partial charge in [-0.2, -0.15) is 0 Å². The Kier molecular flexibility index (Phi) is 7.33. The lowest BCUT2D eigenvalue weighted by molar-refractivity contribution is -0.131. The van der Waals surface area contributed by atoms with E-state index in [0.29, 0.717) is 17.8 Å². The van der Waals surface area contributed by atoms with Gasteiger partial charge in [0.25, 0.3) is 12.3 Å². The molecule has 180 valence electrons. The number of anilines is 1. The molecule has 1 amide bonds. The van der Waals surface area contributed by atoms with Crippen LogP contribution in [0.25, 0.3) is 0 Å². The Balaban J connectivity index is 1.96. The first-order valence-corrected chi connectivity index (χ1v) is 10.8. The Morgan fingerprint density at radius 3 is 2.55 bits per heavy atom. The molecular weight excluding hydrogens is 437 g/mol. The molecule has 2 aromatic rings. The third-order valence-corrected chi connectivity index (χ3v) is 6.39. The fourth-order valence-electron chi connectivity index (χ4n) is 4.24. The van der Waals surface area contributed by atoms with Crippen LogP contribution in [0, 0.1) is 11.7 Å². The molecule has 33 heavy (non-hydrogen) atoms. The van der Waals surface area contributed by atoms with Crippen molar-refractivity contribution in [2.45, 2.75) is 64.3 Å². The van der Waals surface area contributed by atoms with Crippen LogP contribution < -0.4 is 10.1 Å². The van der Waals surface area contributed by atoms with Crippen molar-refractivity contribution in [1.82, 2.24) is 4.98 Å². The quantitative estimate of drug-likeness (QED) is 0.590. The molecule has 2 heterocycles. The number of alkyl halides is 2. The SMILES string of the molecule is CC[C@@H](O)c1ccc(NC(=O)[C@H]2OC(C)(C)[C@H](C)[C@@H]2c2ccc(F)c(C(F)F)c2OC)cn1. The van der Waals surface area contributed by atoms with Gasteiger partial charge in [-0.25, -0.2) is 13.2 Å². The Morgan fingerprint density at radius 1 is 1.30 bits per heavy atom. The van der Waals surface area contributed by atoms with Crippen LogP contribution in [0.2, 0.25) is 0 Å². The standard InChI is InChI=1S/C24H29F3N2O4/c1-6-17(30)16-10-7-13(11-28-16)29-23(31)21-18(12(2)24(3,4)33-21)14-8-9-15(25)19(22(26)27)20(14)32-5/h7-12,17-18,21-22,30H,6H2,1-5H3,(H,29,31)/t12-,17-,18-,21+/m1/s1. The minimum Gasteiger partial charge on any atom is -0.496 e. The molecule has 2 N–H and O–H groups in total. The average Bonchev–Trinajstić information content (AvgIpc) is 3.02. The number of carbonyl (C=O) groups excluding carboxylic acids is 1. The van der Waals surface area contributed by atoms with Crippen molar-refractivity contribution in [2.24, 2.45) is 5.92 Å². The summed E-state index contributed by atoms with van der Waals surface area (Å²) < 4.78 is 52.6. The van der Waals surface area contributed by atoms with Gasteiger partial charge >= 0.3 is 0 Å². The molecule has 0 saturated carbocycles. The van der Waals surface area contributed by atoms with E-state index >= 15 is 0 Å². The number of aliphatic hydroxyl groups is 1. The van der Waals surface area contributed by atoms with Crippen LogP contribution in [0.4, 0.5) is 18.9 Å². The van der Waals surface area contributed by atoms with Crippen LogP contribution in [-0.2, 0) is 9.53 Å². The molecule has 0 radical (unpaired) electrons. The van der Waals surface area contributed by atoms with Crippen molar-refractivity contribution in [2.75, 3.05) is 12.4 Å². The molecular formula is C24H29F3N2O4. The van der Waals surface area contributed by atoms with Gasteiger partial charge in [-0.05, 0) is 44.4 Å². The molecule has 0 bridgehead atoms. The summed E-state index contributed by atoms with van der Waals surface area (Å²) in [6.07, 6.45) is -2.89. The maximum Gasteiger partial charge on any atom is 0.270 e. The highest BCUT2D eigenvalue weighted by Gasteiger charge is 2.51. The maximum absolute atomic E-state index is 14.2. The van der Waals surface area contributed by atoms with Crippen molar-refractivity contribution in [3.05, 3.63) is 53.1 Å². The van der Waals surface area contributed by atoms with Crippen molar-refractivity contribution in [3.8, 4) is 5.75 Å². The first-order valence-electron chi connectivity index (χ1n) is 10.8. The van der Waals surface area contributed by atoms with Gasteiger partial charge in [0, 0.05) is 11.5 Å². The third kappa shape index (κ3) is 4.84. The van der Waals surface area contributed by atoms with E-state index < -0.39 is 47.4 Å². The highest BCUT2D eigenvalue weighted by Crippen LogP contribution is 2.50. The normalized spacial score (nSPS) is 22.9. The number of rotatable bonds is 7. The van der Waals surface area contributed by atoms with Gasteiger partial charge in [0.05, 0.1) is 42.0 Å². The fraction of sp³-hybridized carbons (Fsp3) is 0.500. The van der Waals surface area contributed by atoms with Gasteiger partial charge in [0.15, 0.2) is 0 Å². The number of benzene rings is 1. The highest BCUT2D eigenvalue weighted by atomic mass is 19.3. The highest BCUT2D eigenvalue weighted by molar-refractivity contribution is 5.95. The lowest BCUT2D eigenvalue weighted by Crippen LogP contribution is -2.33. The number of nitrogens with zero attached hydrogens (tertiary/aromatic N) is 1. The van der Waals surface area contributed by atoms with Gasteiger partial charge in [-0.1, -0.05) is 19.9 Å². The Bertz CT molecular complexity index is 998. The number of halogens is 3. The largest absolute Gasteiger partial charge is 0.496 e. The van der Waals surface area contributed by atoms with E-state index in [1.54, 1.807) is 12.1 Å². The number of aromatic nitrogens is 1.